The number of halogens is 5. The van der Waals surface area contributed by atoms with Gasteiger partial charge >= 0.3 is 6.18 Å². The van der Waals surface area contributed by atoms with Gasteiger partial charge in [-0.2, -0.15) is 13.2 Å². The molecule has 2 aromatic rings. The van der Waals surface area contributed by atoms with Crippen molar-refractivity contribution >= 4 is 40.7 Å². The monoisotopic (exact) mass is 400 g/mol. The maximum atomic E-state index is 12.7. The van der Waals surface area contributed by atoms with Gasteiger partial charge in [0.2, 0.25) is 5.96 Å². The fraction of sp³-hybridized carbons (Fsp3) is 0.176. The van der Waals surface area contributed by atoms with Crippen LogP contribution in [0, 0.1) is 0 Å². The lowest BCUT2D eigenvalue weighted by molar-refractivity contribution is -0.137. The van der Waals surface area contributed by atoms with Crippen molar-refractivity contribution in [2.24, 2.45) is 9.98 Å². The van der Waals surface area contributed by atoms with E-state index in [0.717, 1.165) is 12.1 Å². The van der Waals surface area contributed by atoms with Crippen LogP contribution in [-0.2, 0) is 12.7 Å². The number of alkyl halides is 3. The summed E-state index contributed by atoms with van der Waals surface area (Å²) in [4.78, 5) is 8.51. The third-order valence-electron chi connectivity index (χ3n) is 3.48. The predicted molar refractivity (Wildman–Crippen MR) is 98.1 cm³/mol. The Kier molecular flexibility index (Phi) is 5.38. The molecule has 4 nitrogen and oxygen atoms in total. The number of nitrogens with zero attached hydrogens (tertiary/aromatic N) is 2. The third kappa shape index (κ3) is 4.89. The number of nitrogens with one attached hydrogen (secondary N) is 2. The fourth-order valence-corrected chi connectivity index (χ4v) is 2.85. The highest BCUT2D eigenvalue weighted by Gasteiger charge is 2.30. The molecule has 1 aliphatic rings. The second-order valence-corrected chi connectivity index (χ2v) is 6.41. The van der Waals surface area contributed by atoms with Crippen LogP contribution >= 0.6 is 23.2 Å². The van der Waals surface area contributed by atoms with Gasteiger partial charge in [0, 0.05) is 15.7 Å². The fourth-order valence-electron chi connectivity index (χ4n) is 2.33. The van der Waals surface area contributed by atoms with Crippen LogP contribution in [0.4, 0.5) is 18.9 Å². The summed E-state index contributed by atoms with van der Waals surface area (Å²) < 4.78 is 38.2. The highest BCUT2D eigenvalue weighted by Crippen LogP contribution is 2.29. The Morgan fingerprint density at radius 3 is 2.54 bits per heavy atom. The van der Waals surface area contributed by atoms with Crippen LogP contribution in [-0.4, -0.2) is 18.3 Å². The van der Waals surface area contributed by atoms with E-state index in [1.165, 1.54) is 6.07 Å². The molecule has 1 aliphatic heterocycles. The van der Waals surface area contributed by atoms with E-state index in [-0.39, 0.29) is 6.54 Å². The van der Waals surface area contributed by atoms with Crippen molar-refractivity contribution < 1.29 is 13.2 Å². The largest absolute Gasteiger partial charge is 0.416 e. The lowest BCUT2D eigenvalue weighted by Gasteiger charge is -2.09. The van der Waals surface area contributed by atoms with Crippen LogP contribution in [0.5, 0.6) is 0 Å². The average molecular weight is 401 g/mol. The molecular weight excluding hydrogens is 388 g/mol. The molecule has 0 atom stereocenters. The van der Waals surface area contributed by atoms with Gasteiger partial charge in [-0.3, -0.25) is 4.99 Å². The van der Waals surface area contributed by atoms with Gasteiger partial charge in [0.1, 0.15) is 12.4 Å². The first-order valence-corrected chi connectivity index (χ1v) is 8.29. The summed E-state index contributed by atoms with van der Waals surface area (Å²) in [5.41, 5.74) is 0.441. The molecule has 0 saturated carbocycles. The summed E-state index contributed by atoms with van der Waals surface area (Å²) in [5, 5.41) is 6.96. The highest BCUT2D eigenvalue weighted by molar-refractivity contribution is 6.35. The van der Waals surface area contributed by atoms with Crippen LogP contribution in [0.2, 0.25) is 10.0 Å². The lowest BCUT2D eigenvalue weighted by atomic mass is 10.1. The van der Waals surface area contributed by atoms with Crippen molar-refractivity contribution in [3.63, 3.8) is 0 Å². The van der Waals surface area contributed by atoms with Gasteiger partial charge in [-0.1, -0.05) is 35.3 Å². The lowest BCUT2D eigenvalue weighted by Crippen LogP contribution is -2.30. The summed E-state index contributed by atoms with van der Waals surface area (Å²) in [5.74, 6) is 1.02. The Morgan fingerprint density at radius 1 is 1.12 bits per heavy atom. The number of amidine groups is 1. The Labute approximate surface area is 157 Å². The molecule has 0 fully saturated rings. The van der Waals surface area contributed by atoms with Crippen molar-refractivity contribution in [1.29, 1.82) is 0 Å². The Bertz CT molecular complexity index is 858. The first-order chi connectivity index (χ1) is 12.3. The first-order valence-electron chi connectivity index (χ1n) is 7.54. The normalized spacial score (nSPS) is 15.7. The van der Waals surface area contributed by atoms with Crippen LogP contribution in [0.3, 0.4) is 0 Å². The van der Waals surface area contributed by atoms with E-state index in [1.807, 2.05) is 0 Å². The van der Waals surface area contributed by atoms with Crippen LogP contribution in [0.25, 0.3) is 0 Å². The molecule has 136 valence electrons. The first kappa shape index (κ1) is 18.5. The minimum atomic E-state index is -4.37. The zero-order chi connectivity index (χ0) is 18.7. The Balaban J connectivity index is 1.61. The number of aliphatic imine (C=N–C) groups is 2. The molecule has 2 N–H and O–H groups in total. The Morgan fingerprint density at radius 2 is 1.85 bits per heavy atom. The summed E-state index contributed by atoms with van der Waals surface area (Å²) >= 11 is 11.9. The summed E-state index contributed by atoms with van der Waals surface area (Å²) in [6, 6.07) is 10.1. The minimum Gasteiger partial charge on any atom is -0.326 e. The number of guanidine groups is 1. The van der Waals surface area contributed by atoms with Gasteiger partial charge in [-0.15, -0.1) is 0 Å². The van der Waals surface area contributed by atoms with Gasteiger partial charge in [0.15, 0.2) is 0 Å². The predicted octanol–water partition coefficient (Wildman–Crippen LogP) is 4.98. The maximum Gasteiger partial charge on any atom is 0.416 e. The zero-order valence-corrected chi connectivity index (χ0v) is 14.8. The molecule has 0 aliphatic carbocycles. The van der Waals surface area contributed by atoms with Crippen molar-refractivity contribution in [2.75, 3.05) is 11.9 Å². The number of benzene rings is 2. The molecule has 9 heteroatoms. The van der Waals surface area contributed by atoms with Gasteiger partial charge in [-0.05, 0) is 35.9 Å². The van der Waals surface area contributed by atoms with Crippen molar-refractivity contribution in [3.05, 3.63) is 63.6 Å². The van der Waals surface area contributed by atoms with E-state index >= 15 is 0 Å². The van der Waals surface area contributed by atoms with E-state index in [9.17, 15) is 13.2 Å². The standard InChI is InChI=1S/C17H13Cl2F3N4/c18-12-5-13(19)7-14(6-12)25-16-24-9-15(26-16)23-8-10-2-1-3-11(4-10)17(20,21)22/h1-7H,8-9H2,(H2,23,24,25,26). The summed E-state index contributed by atoms with van der Waals surface area (Å²) in [7, 11) is 0. The topological polar surface area (TPSA) is 48.8 Å². The zero-order valence-electron chi connectivity index (χ0n) is 13.2. The third-order valence-corrected chi connectivity index (χ3v) is 3.92. The van der Waals surface area contributed by atoms with E-state index in [4.69, 9.17) is 23.2 Å². The number of hydrogen-bond donors (Lipinski definition) is 2. The van der Waals surface area contributed by atoms with Crippen molar-refractivity contribution in [2.45, 2.75) is 12.7 Å². The number of rotatable bonds is 3. The van der Waals surface area contributed by atoms with Crippen molar-refractivity contribution in [1.82, 2.24) is 5.32 Å². The second-order valence-electron chi connectivity index (χ2n) is 5.53. The maximum absolute atomic E-state index is 12.7. The quantitative estimate of drug-likeness (QED) is 0.762. The SMILES string of the molecule is FC(F)(F)c1cccc(CN=C2CN=C(Nc3cc(Cl)cc(Cl)c3)N2)c1. The van der Waals surface area contributed by atoms with Gasteiger partial charge < -0.3 is 10.6 Å². The Hall–Kier alpha value is -2.25. The van der Waals surface area contributed by atoms with E-state index < -0.39 is 11.7 Å². The minimum absolute atomic E-state index is 0.123. The van der Waals surface area contributed by atoms with Crippen LogP contribution < -0.4 is 10.6 Å². The highest BCUT2D eigenvalue weighted by atomic mass is 35.5. The molecule has 0 saturated heterocycles. The summed E-state index contributed by atoms with van der Waals surface area (Å²) in [6.45, 7) is 0.424. The van der Waals surface area contributed by atoms with Gasteiger partial charge in [0.05, 0.1) is 12.1 Å². The molecule has 0 spiro atoms. The van der Waals surface area contributed by atoms with Crippen LogP contribution in [0.15, 0.2) is 52.4 Å². The molecule has 2 aromatic carbocycles. The molecule has 0 bridgehead atoms. The molecule has 26 heavy (non-hydrogen) atoms. The van der Waals surface area contributed by atoms with Crippen LogP contribution in [0.1, 0.15) is 11.1 Å². The molecule has 0 unspecified atom stereocenters. The van der Waals surface area contributed by atoms with E-state index in [0.29, 0.717) is 39.6 Å². The molecule has 1 heterocycles. The number of anilines is 1. The molecule has 0 aromatic heterocycles. The van der Waals surface area contributed by atoms with Gasteiger partial charge in [0.25, 0.3) is 0 Å². The van der Waals surface area contributed by atoms with Crippen molar-refractivity contribution in [3.8, 4) is 0 Å². The smallest absolute Gasteiger partial charge is 0.326 e. The molecule has 0 amide bonds. The molecule has 0 radical (unpaired) electrons. The molecular formula is C17H13Cl2F3N4. The number of hydrogen-bond acceptors (Lipinski definition) is 3. The van der Waals surface area contributed by atoms with E-state index in [1.54, 1.807) is 24.3 Å². The molecule has 3 rings (SSSR count). The average Bonchev–Trinajstić information content (AvgIpc) is 2.99. The second kappa shape index (κ2) is 7.55. The van der Waals surface area contributed by atoms with Gasteiger partial charge in [-0.25, -0.2) is 4.99 Å². The summed E-state index contributed by atoms with van der Waals surface area (Å²) in [6.07, 6.45) is -4.37. The van der Waals surface area contributed by atoms with E-state index in [2.05, 4.69) is 20.6 Å².